The minimum atomic E-state index is -1.01. The lowest BCUT2D eigenvalue weighted by molar-refractivity contribution is -0.140. The van der Waals surface area contributed by atoms with Gasteiger partial charge in [0.05, 0.1) is 5.56 Å². The van der Waals surface area contributed by atoms with Gasteiger partial charge in [0.2, 0.25) is 0 Å². The van der Waals surface area contributed by atoms with Gasteiger partial charge in [0.25, 0.3) is 0 Å². The van der Waals surface area contributed by atoms with Gasteiger partial charge in [0.1, 0.15) is 17.7 Å². The molecule has 0 saturated heterocycles. The van der Waals surface area contributed by atoms with E-state index in [-0.39, 0.29) is 12.5 Å². The predicted molar refractivity (Wildman–Crippen MR) is 140 cm³/mol. The fourth-order valence-corrected chi connectivity index (χ4v) is 3.21. The number of rotatable bonds is 12. The van der Waals surface area contributed by atoms with E-state index >= 15 is 0 Å². The second kappa shape index (κ2) is 15.0. The average molecular weight is 513 g/mol. The molecule has 0 spiro atoms. The van der Waals surface area contributed by atoms with Crippen molar-refractivity contribution in [2.45, 2.75) is 37.9 Å². The molecule has 12 heteroatoms. The van der Waals surface area contributed by atoms with Crippen molar-refractivity contribution in [3.63, 3.8) is 0 Å². The molecule has 2 atom stereocenters. The molecule has 3 rings (SSSR count). The fraction of sp³-hybridized carbons (Fsp3) is 0.280. The van der Waals surface area contributed by atoms with Gasteiger partial charge < -0.3 is 31.8 Å². The van der Waals surface area contributed by atoms with Gasteiger partial charge in [-0.05, 0) is 37.0 Å². The van der Waals surface area contributed by atoms with E-state index in [1.54, 1.807) is 18.2 Å². The summed E-state index contributed by atoms with van der Waals surface area (Å²) in [5.41, 5.74) is 22.6. The molecule has 0 amide bonds. The molecule has 0 saturated carbocycles. The number of guanidine groups is 1. The molecule has 37 heavy (non-hydrogen) atoms. The molecule has 3 aromatic rings. The molecule has 1 heterocycles. The maximum absolute atomic E-state index is 11.9. The number of nitrogens with one attached hydrogen (secondary N) is 2. The first-order valence-corrected chi connectivity index (χ1v) is 11.5. The van der Waals surface area contributed by atoms with Crippen LogP contribution in [-0.2, 0) is 22.6 Å². The van der Waals surface area contributed by atoms with Crippen molar-refractivity contribution in [2.75, 3.05) is 6.54 Å². The van der Waals surface area contributed by atoms with E-state index in [1.807, 2.05) is 42.5 Å². The van der Waals surface area contributed by atoms with E-state index in [9.17, 15) is 19.5 Å². The maximum Gasteiger partial charge on any atom is 0.340 e. The third-order valence-electron chi connectivity index (χ3n) is 5.13. The third kappa shape index (κ3) is 10.5. The Morgan fingerprint density at radius 3 is 2.32 bits per heavy atom. The first-order chi connectivity index (χ1) is 17.7. The molecule has 10 N–H and O–H groups in total. The summed E-state index contributed by atoms with van der Waals surface area (Å²) in [6, 6.07) is 16.6. The molecule has 198 valence electrons. The molecular formula is C25H32N6O6. The van der Waals surface area contributed by atoms with Crippen molar-refractivity contribution in [3.8, 4) is 0 Å². The highest BCUT2D eigenvalue weighted by molar-refractivity contribution is 5.77. The quantitative estimate of drug-likeness (QED) is 0.0583. The molecule has 0 radical (unpaired) electrons. The summed E-state index contributed by atoms with van der Waals surface area (Å²) in [7, 11) is 0. The van der Waals surface area contributed by atoms with Crippen molar-refractivity contribution < 1.29 is 24.2 Å². The summed E-state index contributed by atoms with van der Waals surface area (Å²) in [4.78, 5) is 37.4. The number of hydrogen-bond acceptors (Lipinski definition) is 8. The van der Waals surface area contributed by atoms with Crippen LogP contribution in [0, 0.1) is 0 Å². The maximum atomic E-state index is 11.9. The zero-order chi connectivity index (χ0) is 27.2. The van der Waals surface area contributed by atoms with Crippen LogP contribution in [0.25, 0.3) is 11.0 Å². The Kier molecular flexibility index (Phi) is 11.7. The Morgan fingerprint density at radius 2 is 1.68 bits per heavy atom. The summed E-state index contributed by atoms with van der Waals surface area (Å²) in [5.74, 6) is -2.00. The predicted octanol–water partition coefficient (Wildman–Crippen LogP) is 0.535. The van der Waals surface area contributed by atoms with Crippen LogP contribution in [0.15, 0.2) is 74.9 Å². The van der Waals surface area contributed by atoms with Crippen LogP contribution in [0.4, 0.5) is 0 Å². The van der Waals surface area contributed by atoms with E-state index < -0.39 is 29.6 Å². The van der Waals surface area contributed by atoms with Gasteiger partial charge in [-0.25, -0.2) is 10.2 Å². The number of aliphatic imine (C=N–C) groups is 1. The highest BCUT2D eigenvalue weighted by Crippen LogP contribution is 2.12. The summed E-state index contributed by atoms with van der Waals surface area (Å²) < 4.78 is 5.22. The SMILES string of the molecule is NC(N)=NCCC[C@H](NNCc1cc2ccccc2oc1=O)C(=O)O.N[C@@H](Cc1ccccc1)C(=O)O. The number of nitrogens with zero attached hydrogens (tertiary/aromatic N) is 1. The van der Waals surface area contributed by atoms with Crippen molar-refractivity contribution in [2.24, 2.45) is 22.2 Å². The van der Waals surface area contributed by atoms with Gasteiger partial charge in [-0.1, -0.05) is 48.5 Å². The highest BCUT2D eigenvalue weighted by atomic mass is 16.4. The molecule has 0 unspecified atom stereocenters. The molecule has 0 bridgehead atoms. The number of nitrogens with two attached hydrogens (primary N) is 3. The Bertz CT molecular complexity index is 1240. The van der Waals surface area contributed by atoms with Gasteiger partial charge in [0.15, 0.2) is 5.96 Å². The molecule has 0 aliphatic carbocycles. The number of para-hydroxylation sites is 1. The Hall–Kier alpha value is -4.26. The number of hydrazine groups is 1. The number of carbonyl (C=O) groups is 2. The number of carboxylic acid groups (broad SMARTS) is 2. The summed E-state index contributed by atoms with van der Waals surface area (Å²) in [5, 5.41) is 18.5. The van der Waals surface area contributed by atoms with E-state index in [0.29, 0.717) is 37.0 Å². The zero-order valence-electron chi connectivity index (χ0n) is 20.2. The van der Waals surface area contributed by atoms with Crippen LogP contribution in [0.3, 0.4) is 0 Å². The second-order valence-corrected chi connectivity index (χ2v) is 8.07. The summed E-state index contributed by atoms with van der Waals surface area (Å²) in [6.07, 6.45) is 1.21. The molecule has 12 nitrogen and oxygen atoms in total. The van der Waals surface area contributed by atoms with Crippen LogP contribution in [0.5, 0.6) is 0 Å². The lowest BCUT2D eigenvalue weighted by Crippen LogP contribution is -2.45. The van der Waals surface area contributed by atoms with Gasteiger partial charge >= 0.3 is 17.6 Å². The van der Waals surface area contributed by atoms with Crippen molar-refractivity contribution in [1.82, 2.24) is 10.9 Å². The lowest BCUT2D eigenvalue weighted by Gasteiger charge is -2.14. The van der Waals surface area contributed by atoms with Crippen molar-refractivity contribution in [1.29, 1.82) is 0 Å². The normalized spacial score (nSPS) is 12.1. The van der Waals surface area contributed by atoms with Crippen LogP contribution >= 0.6 is 0 Å². The van der Waals surface area contributed by atoms with Crippen LogP contribution < -0.4 is 33.7 Å². The second-order valence-electron chi connectivity index (χ2n) is 8.07. The lowest BCUT2D eigenvalue weighted by atomic mass is 10.1. The molecule has 0 aliphatic rings. The monoisotopic (exact) mass is 512 g/mol. The number of benzene rings is 2. The van der Waals surface area contributed by atoms with E-state index in [2.05, 4.69) is 15.8 Å². The minimum absolute atomic E-state index is 0.0269. The third-order valence-corrected chi connectivity index (χ3v) is 5.13. The topological polar surface area (TPSA) is 219 Å². The Labute approximate surface area is 213 Å². The molecular weight excluding hydrogens is 480 g/mol. The molecule has 2 aromatic carbocycles. The standard InChI is InChI=1S/C16H21N5O4.C9H11NO2/c17-16(18)19-7-3-5-12(14(22)23)21-20-9-11-8-10-4-1-2-6-13(10)25-15(11)24;10-8(9(11)12)6-7-4-2-1-3-5-7/h1-2,4,6,8,12,20-21H,3,5,7,9H2,(H,22,23)(H4,17,18,19);1-5,8H,6,10H2,(H,11,12)/t12-;8-/m00/s1. The van der Waals surface area contributed by atoms with Crippen molar-refractivity contribution >= 4 is 28.9 Å². The first-order valence-electron chi connectivity index (χ1n) is 11.5. The van der Waals surface area contributed by atoms with Crippen molar-refractivity contribution in [3.05, 3.63) is 82.2 Å². The Balaban J connectivity index is 0.000000335. The molecule has 0 aliphatic heterocycles. The summed E-state index contributed by atoms with van der Waals surface area (Å²) in [6.45, 7) is 0.479. The van der Waals surface area contributed by atoms with Gasteiger partial charge in [-0.15, -0.1) is 0 Å². The van der Waals surface area contributed by atoms with Gasteiger partial charge in [-0.3, -0.25) is 20.0 Å². The number of aliphatic carboxylic acids is 2. The number of fused-ring (bicyclic) bond motifs is 1. The highest BCUT2D eigenvalue weighted by Gasteiger charge is 2.16. The number of carboxylic acids is 2. The Morgan fingerprint density at radius 1 is 1.00 bits per heavy atom. The average Bonchev–Trinajstić information content (AvgIpc) is 2.86. The van der Waals surface area contributed by atoms with Gasteiger partial charge in [-0.2, -0.15) is 0 Å². The van der Waals surface area contributed by atoms with Crippen LogP contribution in [0.1, 0.15) is 24.0 Å². The molecule has 0 fully saturated rings. The first kappa shape index (κ1) is 29.0. The minimum Gasteiger partial charge on any atom is -0.480 e. The van der Waals surface area contributed by atoms with E-state index in [0.717, 1.165) is 10.9 Å². The smallest absolute Gasteiger partial charge is 0.340 e. The van der Waals surface area contributed by atoms with Crippen LogP contribution in [-0.4, -0.2) is 46.7 Å². The summed E-state index contributed by atoms with van der Waals surface area (Å²) >= 11 is 0. The van der Waals surface area contributed by atoms with E-state index in [1.165, 1.54) is 0 Å². The van der Waals surface area contributed by atoms with E-state index in [4.69, 9.17) is 26.7 Å². The molecule has 1 aromatic heterocycles. The number of hydrogen-bond donors (Lipinski definition) is 7. The largest absolute Gasteiger partial charge is 0.480 e. The van der Waals surface area contributed by atoms with Gasteiger partial charge in [0, 0.05) is 18.5 Å². The van der Waals surface area contributed by atoms with Crippen LogP contribution in [0.2, 0.25) is 0 Å². The zero-order valence-corrected chi connectivity index (χ0v) is 20.2. The fourth-order valence-electron chi connectivity index (χ4n) is 3.21.